The van der Waals surface area contributed by atoms with Crippen LogP contribution in [-0.4, -0.2) is 49.2 Å². The van der Waals surface area contributed by atoms with Gasteiger partial charge in [-0.25, -0.2) is 0 Å². The van der Waals surface area contributed by atoms with Crippen LogP contribution in [-0.2, 0) is 9.53 Å². The first kappa shape index (κ1) is 11.9. The second kappa shape index (κ2) is 5.15. The number of carbonyl (C=O) groups excluding carboxylic acids is 1. The molecule has 0 aromatic heterocycles. The fraction of sp³-hybridized carbons (Fsp3) is 0.917. The molecule has 16 heavy (non-hydrogen) atoms. The largest absolute Gasteiger partial charge is 0.372 e. The zero-order valence-electron chi connectivity index (χ0n) is 10.2. The average Bonchev–Trinajstić information content (AvgIpc) is 2.23. The van der Waals surface area contributed by atoms with E-state index >= 15 is 0 Å². The highest BCUT2D eigenvalue weighted by Gasteiger charge is 2.28. The van der Waals surface area contributed by atoms with E-state index in [9.17, 15) is 4.79 Å². The predicted molar refractivity (Wildman–Crippen MR) is 62.2 cm³/mol. The van der Waals surface area contributed by atoms with Gasteiger partial charge in [0.1, 0.15) is 0 Å². The van der Waals surface area contributed by atoms with Gasteiger partial charge in [-0.1, -0.05) is 13.8 Å². The number of hydrogen-bond donors (Lipinski definition) is 1. The van der Waals surface area contributed by atoms with Crippen molar-refractivity contribution in [2.75, 3.05) is 26.2 Å². The number of nitrogens with one attached hydrogen (secondary N) is 1. The van der Waals surface area contributed by atoms with Crippen LogP contribution < -0.4 is 5.32 Å². The van der Waals surface area contributed by atoms with Crippen LogP contribution in [0.5, 0.6) is 0 Å². The highest BCUT2D eigenvalue weighted by molar-refractivity contribution is 5.78. The summed E-state index contributed by atoms with van der Waals surface area (Å²) in [6.45, 7) is 7.63. The van der Waals surface area contributed by atoms with Crippen molar-refractivity contribution >= 4 is 5.91 Å². The summed E-state index contributed by atoms with van der Waals surface area (Å²) in [5.41, 5.74) is 0. The third-order valence-corrected chi connectivity index (χ3v) is 3.38. The van der Waals surface area contributed by atoms with E-state index in [1.165, 1.54) is 0 Å². The summed E-state index contributed by atoms with van der Waals surface area (Å²) in [7, 11) is 0. The highest BCUT2D eigenvalue weighted by atomic mass is 16.5. The van der Waals surface area contributed by atoms with Gasteiger partial charge in [0.05, 0.1) is 12.2 Å². The Labute approximate surface area is 97.3 Å². The molecule has 0 aromatic carbocycles. The Balaban J connectivity index is 1.71. The summed E-state index contributed by atoms with van der Waals surface area (Å²) in [5, 5.41) is 3.20. The molecule has 2 saturated heterocycles. The lowest BCUT2D eigenvalue weighted by Gasteiger charge is -2.37. The number of ether oxygens (including phenoxy) is 1. The average molecular weight is 226 g/mol. The van der Waals surface area contributed by atoms with Crippen molar-refractivity contribution in [2.45, 2.75) is 38.9 Å². The molecule has 1 N–H and O–H groups in total. The maximum absolute atomic E-state index is 11.8. The standard InChI is InChI=1S/C12H22N2O2/c1-9(2)12(15)14-5-3-10(4-6-14)16-11-7-13-8-11/h9-11,13H,3-8H2,1-2H3. The van der Waals surface area contributed by atoms with E-state index < -0.39 is 0 Å². The molecule has 2 aliphatic rings. The minimum Gasteiger partial charge on any atom is -0.372 e. The van der Waals surface area contributed by atoms with E-state index in [0.717, 1.165) is 39.0 Å². The second-order valence-corrected chi connectivity index (χ2v) is 5.10. The first-order valence-corrected chi connectivity index (χ1v) is 6.32. The molecule has 0 aliphatic carbocycles. The molecule has 0 saturated carbocycles. The molecule has 0 spiro atoms. The van der Waals surface area contributed by atoms with E-state index in [-0.39, 0.29) is 11.8 Å². The number of amides is 1. The molecule has 4 heteroatoms. The van der Waals surface area contributed by atoms with E-state index in [2.05, 4.69) is 5.32 Å². The molecule has 0 unspecified atom stereocenters. The van der Waals surface area contributed by atoms with Gasteiger partial charge in [0.2, 0.25) is 5.91 Å². The van der Waals surface area contributed by atoms with Crippen molar-refractivity contribution < 1.29 is 9.53 Å². The van der Waals surface area contributed by atoms with Crippen molar-refractivity contribution in [3.63, 3.8) is 0 Å². The summed E-state index contributed by atoms with van der Waals surface area (Å²) in [6.07, 6.45) is 2.77. The number of hydrogen-bond acceptors (Lipinski definition) is 3. The molecule has 0 atom stereocenters. The van der Waals surface area contributed by atoms with Gasteiger partial charge in [0.25, 0.3) is 0 Å². The van der Waals surface area contributed by atoms with Crippen LogP contribution in [0.2, 0.25) is 0 Å². The monoisotopic (exact) mass is 226 g/mol. The molecular weight excluding hydrogens is 204 g/mol. The van der Waals surface area contributed by atoms with Crippen molar-refractivity contribution in [3.05, 3.63) is 0 Å². The number of piperidine rings is 1. The lowest BCUT2D eigenvalue weighted by Crippen LogP contribution is -2.51. The molecule has 2 heterocycles. The van der Waals surface area contributed by atoms with Crippen LogP contribution in [0.3, 0.4) is 0 Å². The molecule has 0 radical (unpaired) electrons. The maximum atomic E-state index is 11.8. The Morgan fingerprint density at radius 2 is 1.88 bits per heavy atom. The zero-order valence-corrected chi connectivity index (χ0v) is 10.2. The van der Waals surface area contributed by atoms with E-state index in [4.69, 9.17) is 4.74 Å². The van der Waals surface area contributed by atoms with Gasteiger partial charge in [-0.15, -0.1) is 0 Å². The summed E-state index contributed by atoms with van der Waals surface area (Å²) < 4.78 is 5.92. The summed E-state index contributed by atoms with van der Waals surface area (Å²) in [6, 6.07) is 0. The van der Waals surface area contributed by atoms with Gasteiger partial charge >= 0.3 is 0 Å². The summed E-state index contributed by atoms with van der Waals surface area (Å²) >= 11 is 0. The van der Waals surface area contributed by atoms with Crippen LogP contribution in [0.4, 0.5) is 0 Å². The third kappa shape index (κ3) is 2.74. The van der Waals surface area contributed by atoms with Crippen LogP contribution in [0.1, 0.15) is 26.7 Å². The first-order valence-electron chi connectivity index (χ1n) is 6.32. The smallest absolute Gasteiger partial charge is 0.225 e. The molecule has 4 nitrogen and oxygen atoms in total. The van der Waals surface area contributed by atoms with Gasteiger partial charge in [-0.05, 0) is 12.8 Å². The molecular formula is C12H22N2O2. The van der Waals surface area contributed by atoms with Crippen molar-refractivity contribution in [2.24, 2.45) is 5.92 Å². The molecule has 0 bridgehead atoms. The topological polar surface area (TPSA) is 41.6 Å². The zero-order chi connectivity index (χ0) is 11.5. The number of carbonyl (C=O) groups is 1. The van der Waals surface area contributed by atoms with Gasteiger partial charge in [-0.2, -0.15) is 0 Å². The highest BCUT2D eigenvalue weighted by Crippen LogP contribution is 2.18. The number of likely N-dealkylation sites (tertiary alicyclic amines) is 1. The summed E-state index contributed by atoms with van der Waals surface area (Å²) in [4.78, 5) is 13.7. The Morgan fingerprint density at radius 3 is 2.31 bits per heavy atom. The maximum Gasteiger partial charge on any atom is 0.225 e. The minimum absolute atomic E-state index is 0.119. The second-order valence-electron chi connectivity index (χ2n) is 5.10. The number of nitrogens with zero attached hydrogens (tertiary/aromatic N) is 1. The Kier molecular flexibility index (Phi) is 3.82. The van der Waals surface area contributed by atoms with E-state index in [1.807, 2.05) is 18.7 Å². The Bertz CT molecular complexity index is 243. The Morgan fingerprint density at radius 1 is 1.25 bits per heavy atom. The molecule has 0 aromatic rings. The lowest BCUT2D eigenvalue weighted by atomic mass is 10.0. The van der Waals surface area contributed by atoms with Crippen LogP contribution in [0.25, 0.3) is 0 Å². The first-order chi connectivity index (χ1) is 7.66. The third-order valence-electron chi connectivity index (χ3n) is 3.38. The van der Waals surface area contributed by atoms with Crippen LogP contribution in [0, 0.1) is 5.92 Å². The quantitative estimate of drug-likeness (QED) is 0.767. The predicted octanol–water partition coefficient (Wildman–Crippen LogP) is 0.622. The van der Waals surface area contributed by atoms with Gasteiger partial charge in [0, 0.05) is 32.1 Å². The van der Waals surface area contributed by atoms with Gasteiger partial charge < -0.3 is 15.0 Å². The van der Waals surface area contributed by atoms with E-state index in [1.54, 1.807) is 0 Å². The molecule has 92 valence electrons. The Hall–Kier alpha value is -0.610. The fourth-order valence-electron chi connectivity index (χ4n) is 2.21. The summed E-state index contributed by atoms with van der Waals surface area (Å²) in [5.74, 6) is 0.400. The van der Waals surface area contributed by atoms with Crippen LogP contribution >= 0.6 is 0 Å². The molecule has 1 amide bonds. The van der Waals surface area contributed by atoms with Crippen LogP contribution in [0.15, 0.2) is 0 Å². The van der Waals surface area contributed by atoms with E-state index in [0.29, 0.717) is 12.2 Å². The fourth-order valence-corrected chi connectivity index (χ4v) is 2.21. The number of rotatable bonds is 3. The molecule has 2 rings (SSSR count). The van der Waals surface area contributed by atoms with Gasteiger partial charge in [0.15, 0.2) is 0 Å². The van der Waals surface area contributed by atoms with Gasteiger partial charge in [-0.3, -0.25) is 4.79 Å². The SMILES string of the molecule is CC(C)C(=O)N1CCC(OC2CNC2)CC1. The lowest BCUT2D eigenvalue weighted by molar-refractivity contribution is -0.138. The molecule has 2 aliphatic heterocycles. The van der Waals surface area contributed by atoms with Crippen molar-refractivity contribution in [3.8, 4) is 0 Å². The normalized spacial score (nSPS) is 23.6. The van der Waals surface area contributed by atoms with Crippen molar-refractivity contribution in [1.82, 2.24) is 10.2 Å². The van der Waals surface area contributed by atoms with Crippen molar-refractivity contribution in [1.29, 1.82) is 0 Å². The molecule has 2 fully saturated rings. The minimum atomic E-state index is 0.119.